The second-order valence-electron chi connectivity index (χ2n) is 11.2. The van der Waals surface area contributed by atoms with Crippen LogP contribution in [0.1, 0.15) is 44.0 Å². The van der Waals surface area contributed by atoms with Gasteiger partial charge in [-0.25, -0.2) is 4.79 Å². The largest absolute Gasteiger partial charge is 0.461 e. The van der Waals surface area contributed by atoms with E-state index >= 15 is 0 Å². The summed E-state index contributed by atoms with van der Waals surface area (Å²) >= 11 is 0. The number of amides is 1. The lowest BCUT2D eigenvalue weighted by Gasteiger charge is -2.51. The third kappa shape index (κ3) is 2.41. The highest BCUT2D eigenvalue weighted by Gasteiger charge is 2.94. The van der Waals surface area contributed by atoms with E-state index in [0.29, 0.717) is 0 Å². The number of nitrogens with zero attached hydrogens (tertiary/aromatic N) is 1. The van der Waals surface area contributed by atoms with Gasteiger partial charge in [-0.3, -0.25) is 19.3 Å². The molecule has 0 bridgehead atoms. The number of rotatable bonds is 3. The second kappa shape index (κ2) is 6.82. The van der Waals surface area contributed by atoms with Crippen molar-refractivity contribution in [1.82, 2.24) is 4.90 Å². The molecule has 35 heavy (non-hydrogen) atoms. The quantitative estimate of drug-likeness (QED) is 0.488. The predicted molar refractivity (Wildman–Crippen MR) is 115 cm³/mol. The number of esters is 3. The van der Waals surface area contributed by atoms with Gasteiger partial charge in [-0.15, -0.1) is 0 Å². The van der Waals surface area contributed by atoms with Gasteiger partial charge in [-0.1, -0.05) is 39.0 Å². The van der Waals surface area contributed by atoms with Gasteiger partial charge in [0.15, 0.2) is 12.3 Å². The molecule has 6 atom stereocenters. The normalized spacial score (nSPS) is 40.1. The Balaban J connectivity index is 1.58. The van der Waals surface area contributed by atoms with E-state index in [1.807, 2.05) is 0 Å². The van der Waals surface area contributed by atoms with Crippen LogP contribution in [0.5, 0.6) is 0 Å². The van der Waals surface area contributed by atoms with Crippen molar-refractivity contribution in [3.8, 4) is 0 Å². The van der Waals surface area contributed by atoms with Gasteiger partial charge in [0.2, 0.25) is 0 Å². The zero-order valence-electron chi connectivity index (χ0n) is 19.7. The Morgan fingerprint density at radius 1 is 1.11 bits per heavy atom. The number of benzene rings is 1. The molecular formula is C25H27NO9. The standard InChI is InChI=1S/C25H27NO9/c1-22(2,3)24(31)9-15-23(10-16(27)33-15)21(30)35-20-25(23,24)17(18(28)26(20)14-11-32-12-14)34-19(29)13-7-5-4-6-8-13/h4-8,14-15,17,20,31H,9-12H2,1-3H3/t15-,17-,20-,23-,24+,25?/m0/s1. The van der Waals surface area contributed by atoms with Crippen LogP contribution in [0.3, 0.4) is 0 Å². The highest BCUT2D eigenvalue weighted by atomic mass is 16.6. The lowest BCUT2D eigenvalue weighted by atomic mass is 9.52. The fourth-order valence-corrected chi connectivity index (χ4v) is 7.05. The van der Waals surface area contributed by atoms with E-state index in [9.17, 15) is 24.3 Å². The molecule has 1 saturated carbocycles. The minimum absolute atomic E-state index is 0.0878. The Kier molecular flexibility index (Phi) is 4.38. The van der Waals surface area contributed by atoms with Crippen molar-refractivity contribution in [2.45, 2.75) is 63.7 Å². The van der Waals surface area contributed by atoms with Crippen LogP contribution < -0.4 is 0 Å². The smallest absolute Gasteiger partial charge is 0.338 e. The maximum Gasteiger partial charge on any atom is 0.338 e. The maximum absolute atomic E-state index is 14.0. The molecule has 0 aromatic heterocycles. The van der Waals surface area contributed by atoms with Crippen LogP contribution >= 0.6 is 0 Å². The molecule has 4 heterocycles. The lowest BCUT2D eigenvalue weighted by Crippen LogP contribution is -2.66. The van der Waals surface area contributed by atoms with Crippen LogP contribution in [0.4, 0.5) is 0 Å². The Morgan fingerprint density at radius 3 is 2.40 bits per heavy atom. The molecule has 2 spiro atoms. The van der Waals surface area contributed by atoms with Crippen molar-refractivity contribution in [1.29, 1.82) is 0 Å². The predicted octanol–water partition coefficient (Wildman–Crippen LogP) is 0.805. The number of hydrogen-bond donors (Lipinski definition) is 1. The van der Waals surface area contributed by atoms with Crippen LogP contribution in [0.15, 0.2) is 30.3 Å². The minimum Gasteiger partial charge on any atom is -0.461 e. The summed E-state index contributed by atoms with van der Waals surface area (Å²) in [7, 11) is 0. The monoisotopic (exact) mass is 485 g/mol. The summed E-state index contributed by atoms with van der Waals surface area (Å²) in [4.78, 5) is 54.8. The van der Waals surface area contributed by atoms with Crippen LogP contribution in [0, 0.1) is 16.2 Å². The lowest BCUT2D eigenvalue weighted by molar-refractivity contribution is -0.218. The highest BCUT2D eigenvalue weighted by Crippen LogP contribution is 2.76. The third-order valence-corrected chi connectivity index (χ3v) is 8.76. The van der Waals surface area contributed by atoms with Crippen molar-refractivity contribution < 1.29 is 43.2 Å². The van der Waals surface area contributed by atoms with E-state index in [1.54, 1.807) is 51.1 Å². The first-order valence-corrected chi connectivity index (χ1v) is 11.8. The average Bonchev–Trinajstić information content (AvgIpc) is 3.36. The molecule has 4 saturated heterocycles. The summed E-state index contributed by atoms with van der Waals surface area (Å²) in [5.41, 5.74) is -5.90. The summed E-state index contributed by atoms with van der Waals surface area (Å²) in [5, 5.41) is 12.5. The molecule has 6 rings (SSSR count). The van der Waals surface area contributed by atoms with Crippen molar-refractivity contribution in [3.63, 3.8) is 0 Å². The molecule has 1 aromatic rings. The third-order valence-electron chi connectivity index (χ3n) is 8.76. The van der Waals surface area contributed by atoms with Crippen molar-refractivity contribution >= 4 is 23.8 Å². The molecule has 10 nitrogen and oxygen atoms in total. The van der Waals surface area contributed by atoms with Gasteiger partial charge in [0, 0.05) is 6.42 Å². The van der Waals surface area contributed by atoms with Crippen molar-refractivity contribution in [2.24, 2.45) is 16.2 Å². The molecule has 1 amide bonds. The molecule has 1 aliphatic carbocycles. The molecule has 5 aliphatic rings. The molecule has 0 radical (unpaired) electrons. The Hall–Kier alpha value is -2.98. The number of hydrogen-bond acceptors (Lipinski definition) is 9. The van der Waals surface area contributed by atoms with E-state index in [2.05, 4.69) is 0 Å². The van der Waals surface area contributed by atoms with Gasteiger partial charge < -0.3 is 24.1 Å². The molecule has 1 unspecified atom stereocenters. The van der Waals surface area contributed by atoms with E-state index in [4.69, 9.17) is 18.9 Å². The summed E-state index contributed by atoms with van der Waals surface area (Å²) in [6, 6.07) is 7.75. The fraction of sp³-hybridized carbons (Fsp3) is 0.600. The molecular weight excluding hydrogens is 458 g/mol. The number of ether oxygens (including phenoxy) is 4. The van der Waals surface area contributed by atoms with Gasteiger partial charge in [0.1, 0.15) is 16.9 Å². The maximum atomic E-state index is 14.0. The van der Waals surface area contributed by atoms with Crippen molar-refractivity contribution in [3.05, 3.63) is 35.9 Å². The van der Waals surface area contributed by atoms with Gasteiger partial charge in [-0.2, -0.15) is 0 Å². The first kappa shape index (κ1) is 22.5. The number of carbonyl (C=O) groups is 4. The van der Waals surface area contributed by atoms with Gasteiger partial charge >= 0.3 is 17.9 Å². The van der Waals surface area contributed by atoms with E-state index in [-0.39, 0.29) is 31.6 Å². The summed E-state index contributed by atoms with van der Waals surface area (Å²) in [5.74, 6) is -2.70. The van der Waals surface area contributed by atoms with Gasteiger partial charge in [-0.05, 0) is 17.5 Å². The van der Waals surface area contributed by atoms with Gasteiger partial charge in [0.05, 0.1) is 36.8 Å². The van der Waals surface area contributed by atoms with Crippen LogP contribution in [-0.4, -0.2) is 77.1 Å². The number of aliphatic hydroxyl groups is 1. The highest BCUT2D eigenvalue weighted by molar-refractivity contribution is 5.99. The molecule has 186 valence electrons. The van der Waals surface area contributed by atoms with Crippen LogP contribution in [0.2, 0.25) is 0 Å². The summed E-state index contributed by atoms with van der Waals surface area (Å²) < 4.78 is 22.7. The molecule has 1 aromatic carbocycles. The SMILES string of the molecule is CC(C)(C)[C@]1(O)C[C@@H]2OC(=O)C[C@@]23C(=O)O[C@@H]2N(C4COC4)C(=O)[C@H](OC(=O)c4ccccc4)C213. The van der Waals surface area contributed by atoms with E-state index in [0.717, 1.165) is 0 Å². The first-order valence-electron chi connectivity index (χ1n) is 11.8. The van der Waals surface area contributed by atoms with E-state index in [1.165, 1.54) is 4.90 Å². The molecule has 4 aliphatic heterocycles. The second-order valence-corrected chi connectivity index (χ2v) is 11.2. The fourth-order valence-electron chi connectivity index (χ4n) is 7.05. The zero-order valence-corrected chi connectivity index (χ0v) is 19.7. The summed E-state index contributed by atoms with van der Waals surface area (Å²) in [6.07, 6.45) is -4.28. The minimum atomic E-state index is -1.77. The van der Waals surface area contributed by atoms with Gasteiger partial charge in [0.25, 0.3) is 5.91 Å². The van der Waals surface area contributed by atoms with Crippen LogP contribution in [0.25, 0.3) is 0 Å². The van der Waals surface area contributed by atoms with Crippen LogP contribution in [-0.2, 0) is 33.3 Å². The Bertz CT molecular complexity index is 1140. The molecule has 5 fully saturated rings. The zero-order chi connectivity index (χ0) is 25.0. The molecule has 10 heteroatoms. The number of carbonyl (C=O) groups excluding carboxylic acids is 4. The van der Waals surface area contributed by atoms with E-state index < -0.39 is 70.1 Å². The number of likely N-dealkylation sites (tertiary alicyclic amines) is 1. The Labute approximate surface area is 201 Å². The van der Waals surface area contributed by atoms with Crippen molar-refractivity contribution in [2.75, 3.05) is 13.2 Å². The summed E-state index contributed by atoms with van der Waals surface area (Å²) in [6.45, 7) is 5.79. The first-order chi connectivity index (χ1) is 16.5. The Morgan fingerprint density at radius 2 is 1.80 bits per heavy atom. The molecule has 1 N–H and O–H groups in total. The topological polar surface area (TPSA) is 129 Å². The average molecular weight is 485 g/mol.